The Bertz CT molecular complexity index is 386. The highest BCUT2D eigenvalue weighted by molar-refractivity contribution is 6.31. The molecular weight excluding hydrogens is 206 g/mol. The van der Waals surface area contributed by atoms with E-state index in [2.05, 4.69) is 17.4 Å². The third kappa shape index (κ3) is 1.58. The van der Waals surface area contributed by atoms with Crippen molar-refractivity contribution in [1.82, 2.24) is 5.32 Å². The van der Waals surface area contributed by atoms with E-state index in [4.69, 9.17) is 11.6 Å². The Labute approximate surface area is 95.8 Å². The van der Waals surface area contributed by atoms with Gasteiger partial charge in [0.1, 0.15) is 0 Å². The average molecular weight is 222 g/mol. The zero-order chi connectivity index (χ0) is 10.3. The van der Waals surface area contributed by atoms with Gasteiger partial charge in [0, 0.05) is 11.6 Å². The van der Waals surface area contributed by atoms with Crippen molar-refractivity contribution in [3.63, 3.8) is 0 Å². The first-order valence-corrected chi connectivity index (χ1v) is 6.25. The Morgan fingerprint density at radius 2 is 2.20 bits per heavy atom. The van der Waals surface area contributed by atoms with E-state index in [1.54, 1.807) is 11.1 Å². The van der Waals surface area contributed by atoms with Gasteiger partial charge in [-0.2, -0.15) is 0 Å². The largest absolute Gasteiger partial charge is 0.316 e. The highest BCUT2D eigenvalue weighted by Crippen LogP contribution is 2.38. The minimum Gasteiger partial charge on any atom is -0.316 e. The summed E-state index contributed by atoms with van der Waals surface area (Å²) in [6.07, 6.45) is 5.00. The van der Waals surface area contributed by atoms with Crippen LogP contribution in [-0.4, -0.2) is 13.1 Å². The molecule has 1 aliphatic carbocycles. The molecule has 0 spiro atoms. The highest BCUT2D eigenvalue weighted by atomic mass is 35.5. The molecule has 0 bridgehead atoms. The third-order valence-corrected chi connectivity index (χ3v) is 4.09. The van der Waals surface area contributed by atoms with E-state index in [0.717, 1.165) is 24.5 Å². The predicted octanol–water partition coefficient (Wildman–Crippen LogP) is 2.91. The summed E-state index contributed by atoms with van der Waals surface area (Å²) in [6, 6.07) is 4.32. The van der Waals surface area contributed by atoms with Gasteiger partial charge in [-0.25, -0.2) is 0 Å². The summed E-state index contributed by atoms with van der Waals surface area (Å²) < 4.78 is 0. The number of aryl methyl sites for hydroxylation is 1. The molecule has 1 nitrogen and oxygen atoms in total. The van der Waals surface area contributed by atoms with E-state index in [9.17, 15) is 0 Å². The van der Waals surface area contributed by atoms with Crippen LogP contribution in [0.4, 0.5) is 0 Å². The van der Waals surface area contributed by atoms with Gasteiger partial charge >= 0.3 is 0 Å². The molecule has 1 heterocycles. The summed E-state index contributed by atoms with van der Waals surface area (Å²) in [4.78, 5) is 0. The molecule has 1 aliphatic heterocycles. The Morgan fingerprint density at radius 3 is 3.13 bits per heavy atom. The van der Waals surface area contributed by atoms with Gasteiger partial charge in [0.25, 0.3) is 0 Å². The molecule has 0 saturated heterocycles. The minimum absolute atomic E-state index is 0.713. The second-order valence-electron chi connectivity index (χ2n) is 4.64. The van der Waals surface area contributed by atoms with E-state index >= 15 is 0 Å². The van der Waals surface area contributed by atoms with Crippen LogP contribution in [-0.2, 0) is 12.8 Å². The maximum atomic E-state index is 6.31. The molecule has 0 fully saturated rings. The fraction of sp³-hybridized carbons (Fsp3) is 0.538. The molecular formula is C13H16ClN. The third-order valence-electron chi connectivity index (χ3n) is 3.74. The first kappa shape index (κ1) is 9.68. The molecule has 80 valence electrons. The fourth-order valence-electron chi connectivity index (χ4n) is 3.04. The lowest BCUT2D eigenvalue weighted by atomic mass is 9.80. The molecule has 0 unspecified atom stereocenters. The average Bonchev–Trinajstić information content (AvgIpc) is 2.48. The molecule has 2 aliphatic rings. The standard InChI is InChI=1S/C13H16ClN/c14-12-5-4-9-2-1-3-10-8-15-7-6-11(12)13(9)10/h4-5,10,15H,1-3,6-8H2/t10-/m0/s1. The first-order chi connectivity index (χ1) is 7.36. The first-order valence-electron chi connectivity index (χ1n) is 5.87. The van der Waals surface area contributed by atoms with Gasteiger partial charge in [-0.15, -0.1) is 0 Å². The highest BCUT2D eigenvalue weighted by Gasteiger charge is 2.25. The van der Waals surface area contributed by atoms with Gasteiger partial charge in [-0.1, -0.05) is 17.7 Å². The minimum atomic E-state index is 0.713. The number of nitrogens with one attached hydrogen (secondary N) is 1. The molecule has 1 atom stereocenters. The summed E-state index contributed by atoms with van der Waals surface area (Å²) in [6.45, 7) is 2.22. The SMILES string of the molecule is Clc1ccc2c3c1CCNC[C@@H]3CCC2. The second kappa shape index (κ2) is 3.80. The Kier molecular flexibility index (Phi) is 2.45. The normalized spacial score (nSPS) is 24.5. The van der Waals surface area contributed by atoms with E-state index in [0.29, 0.717) is 5.92 Å². The van der Waals surface area contributed by atoms with Gasteiger partial charge in [0.05, 0.1) is 0 Å². The van der Waals surface area contributed by atoms with E-state index < -0.39 is 0 Å². The number of hydrogen-bond donors (Lipinski definition) is 1. The lowest BCUT2D eigenvalue weighted by Gasteiger charge is -2.26. The van der Waals surface area contributed by atoms with Crippen molar-refractivity contribution in [3.8, 4) is 0 Å². The van der Waals surface area contributed by atoms with E-state index in [1.165, 1.54) is 24.8 Å². The van der Waals surface area contributed by atoms with Gasteiger partial charge < -0.3 is 5.32 Å². The smallest absolute Gasteiger partial charge is 0.0441 e. The van der Waals surface area contributed by atoms with Crippen molar-refractivity contribution >= 4 is 11.6 Å². The molecule has 1 N–H and O–H groups in total. The lowest BCUT2D eigenvalue weighted by Crippen LogP contribution is -2.22. The Balaban J connectivity index is 2.19. The van der Waals surface area contributed by atoms with Crippen molar-refractivity contribution < 1.29 is 0 Å². The van der Waals surface area contributed by atoms with Gasteiger partial charge in [-0.05, 0) is 60.9 Å². The van der Waals surface area contributed by atoms with Gasteiger partial charge in [0.15, 0.2) is 0 Å². The molecule has 0 saturated carbocycles. The summed E-state index contributed by atoms with van der Waals surface area (Å²) in [5.41, 5.74) is 4.55. The molecule has 0 aromatic heterocycles. The number of hydrogen-bond acceptors (Lipinski definition) is 1. The zero-order valence-electron chi connectivity index (χ0n) is 8.85. The predicted molar refractivity (Wildman–Crippen MR) is 63.7 cm³/mol. The maximum absolute atomic E-state index is 6.31. The molecule has 0 amide bonds. The summed E-state index contributed by atoms with van der Waals surface area (Å²) in [5, 5.41) is 4.50. The fourth-order valence-corrected chi connectivity index (χ4v) is 3.30. The van der Waals surface area contributed by atoms with Crippen LogP contribution in [0.15, 0.2) is 12.1 Å². The summed E-state index contributed by atoms with van der Waals surface area (Å²) in [5.74, 6) is 0.713. The van der Waals surface area contributed by atoms with E-state index in [-0.39, 0.29) is 0 Å². The topological polar surface area (TPSA) is 12.0 Å². The van der Waals surface area contributed by atoms with Crippen LogP contribution in [0.2, 0.25) is 5.02 Å². The monoisotopic (exact) mass is 221 g/mol. The molecule has 15 heavy (non-hydrogen) atoms. The number of halogens is 1. The summed E-state index contributed by atoms with van der Waals surface area (Å²) in [7, 11) is 0. The molecule has 0 radical (unpaired) electrons. The van der Waals surface area contributed by atoms with Gasteiger partial charge in [-0.3, -0.25) is 0 Å². The van der Waals surface area contributed by atoms with Crippen LogP contribution in [0.1, 0.15) is 35.4 Å². The van der Waals surface area contributed by atoms with Crippen molar-refractivity contribution in [2.75, 3.05) is 13.1 Å². The van der Waals surface area contributed by atoms with Crippen LogP contribution in [0.25, 0.3) is 0 Å². The Hall–Kier alpha value is -0.530. The number of rotatable bonds is 0. The molecule has 1 aromatic rings. The molecule has 3 rings (SSSR count). The van der Waals surface area contributed by atoms with E-state index in [1.807, 2.05) is 0 Å². The molecule has 2 heteroatoms. The number of benzene rings is 1. The second-order valence-corrected chi connectivity index (χ2v) is 5.05. The van der Waals surface area contributed by atoms with Crippen molar-refractivity contribution in [2.45, 2.75) is 31.6 Å². The van der Waals surface area contributed by atoms with Gasteiger partial charge in [0.2, 0.25) is 0 Å². The quantitative estimate of drug-likeness (QED) is 0.711. The summed E-state index contributed by atoms with van der Waals surface area (Å²) >= 11 is 6.31. The molecule has 1 aromatic carbocycles. The lowest BCUT2D eigenvalue weighted by molar-refractivity contribution is 0.525. The van der Waals surface area contributed by atoms with Crippen molar-refractivity contribution in [1.29, 1.82) is 0 Å². The van der Waals surface area contributed by atoms with Crippen molar-refractivity contribution in [3.05, 3.63) is 33.8 Å². The Morgan fingerprint density at radius 1 is 1.27 bits per heavy atom. The zero-order valence-corrected chi connectivity index (χ0v) is 9.61. The van der Waals surface area contributed by atoms with Crippen LogP contribution in [0, 0.1) is 0 Å². The van der Waals surface area contributed by atoms with Crippen LogP contribution < -0.4 is 5.32 Å². The van der Waals surface area contributed by atoms with Crippen LogP contribution in [0.5, 0.6) is 0 Å². The van der Waals surface area contributed by atoms with Crippen molar-refractivity contribution in [2.24, 2.45) is 0 Å². The maximum Gasteiger partial charge on any atom is 0.0441 e. The van der Waals surface area contributed by atoms with Crippen LogP contribution in [0.3, 0.4) is 0 Å². The van der Waals surface area contributed by atoms with Crippen LogP contribution >= 0.6 is 11.6 Å².